The van der Waals surface area contributed by atoms with Crippen LogP contribution in [-0.4, -0.2) is 24.7 Å². The summed E-state index contributed by atoms with van der Waals surface area (Å²) in [4.78, 5) is 10.7. The molecule has 0 amide bonds. The number of ether oxygens (including phenoxy) is 1. The first-order valence-electron chi connectivity index (χ1n) is 5.64. The summed E-state index contributed by atoms with van der Waals surface area (Å²) >= 11 is 0. The molecule has 2 atom stereocenters. The van der Waals surface area contributed by atoms with Crippen LogP contribution >= 0.6 is 0 Å². The van der Waals surface area contributed by atoms with E-state index in [1.807, 2.05) is 31.2 Å². The summed E-state index contributed by atoms with van der Waals surface area (Å²) in [5.41, 5.74) is 1.09. The van der Waals surface area contributed by atoms with E-state index in [9.17, 15) is 4.79 Å². The van der Waals surface area contributed by atoms with Crippen LogP contribution in [0, 0.1) is 5.92 Å². The molecule has 2 N–H and O–H groups in total. The molecule has 0 aliphatic rings. The maximum absolute atomic E-state index is 10.7. The van der Waals surface area contributed by atoms with Crippen molar-refractivity contribution in [3.63, 3.8) is 0 Å². The van der Waals surface area contributed by atoms with Gasteiger partial charge >= 0.3 is 5.97 Å². The number of carbonyl (C=O) groups is 1. The number of carboxylic acids is 1. The van der Waals surface area contributed by atoms with Gasteiger partial charge in [-0.15, -0.1) is 0 Å². The summed E-state index contributed by atoms with van der Waals surface area (Å²) in [6.45, 7) is 4.14. The second kappa shape index (κ2) is 6.25. The van der Waals surface area contributed by atoms with Crippen molar-refractivity contribution in [2.24, 2.45) is 5.92 Å². The molecule has 0 fully saturated rings. The minimum Gasteiger partial charge on any atom is -0.497 e. The Morgan fingerprint density at radius 2 is 2.18 bits per heavy atom. The molecule has 0 bridgehead atoms. The normalized spacial score (nSPS) is 14.1. The molecule has 4 heteroatoms. The lowest BCUT2D eigenvalue weighted by molar-refractivity contribution is -0.140. The smallest absolute Gasteiger partial charge is 0.307 e. The first-order valence-corrected chi connectivity index (χ1v) is 5.64. The molecule has 0 aromatic heterocycles. The highest BCUT2D eigenvalue weighted by Crippen LogP contribution is 2.18. The van der Waals surface area contributed by atoms with Crippen LogP contribution < -0.4 is 10.1 Å². The maximum Gasteiger partial charge on any atom is 0.307 e. The number of benzene rings is 1. The summed E-state index contributed by atoms with van der Waals surface area (Å²) in [6.07, 6.45) is 0. The molecule has 0 saturated carbocycles. The second-order valence-electron chi connectivity index (χ2n) is 4.15. The number of hydrogen-bond acceptors (Lipinski definition) is 3. The van der Waals surface area contributed by atoms with Crippen LogP contribution in [0.25, 0.3) is 0 Å². The first-order chi connectivity index (χ1) is 8.04. The highest BCUT2D eigenvalue weighted by molar-refractivity contribution is 5.69. The van der Waals surface area contributed by atoms with Gasteiger partial charge in [0.25, 0.3) is 0 Å². The predicted octanol–water partition coefficient (Wildman–Crippen LogP) is 2.07. The predicted molar refractivity (Wildman–Crippen MR) is 66.2 cm³/mol. The molecule has 1 rings (SSSR count). The fourth-order valence-electron chi connectivity index (χ4n) is 1.47. The van der Waals surface area contributed by atoms with Gasteiger partial charge < -0.3 is 15.2 Å². The first kappa shape index (κ1) is 13.5. The molecule has 17 heavy (non-hydrogen) atoms. The lowest BCUT2D eigenvalue weighted by Crippen LogP contribution is -2.28. The molecule has 0 aliphatic carbocycles. The van der Waals surface area contributed by atoms with E-state index in [-0.39, 0.29) is 12.0 Å². The average Bonchev–Trinajstić information content (AvgIpc) is 2.35. The number of aliphatic carboxylic acids is 1. The van der Waals surface area contributed by atoms with Crippen LogP contribution in [0.3, 0.4) is 0 Å². The van der Waals surface area contributed by atoms with Gasteiger partial charge in [-0.2, -0.15) is 0 Å². The minimum absolute atomic E-state index is 0.104. The van der Waals surface area contributed by atoms with Crippen LogP contribution in [0.4, 0.5) is 0 Å². The number of hydrogen-bond donors (Lipinski definition) is 2. The van der Waals surface area contributed by atoms with Crippen molar-refractivity contribution in [2.45, 2.75) is 19.9 Å². The number of methoxy groups -OCH3 is 1. The Morgan fingerprint density at radius 1 is 1.47 bits per heavy atom. The lowest BCUT2D eigenvalue weighted by Gasteiger charge is -2.16. The van der Waals surface area contributed by atoms with E-state index in [1.165, 1.54) is 0 Å². The van der Waals surface area contributed by atoms with Gasteiger partial charge in [0, 0.05) is 12.6 Å². The van der Waals surface area contributed by atoms with Crippen LogP contribution in [-0.2, 0) is 4.79 Å². The molecular weight excluding hydrogens is 218 g/mol. The van der Waals surface area contributed by atoms with Crippen molar-refractivity contribution < 1.29 is 14.6 Å². The maximum atomic E-state index is 10.7. The van der Waals surface area contributed by atoms with E-state index in [1.54, 1.807) is 14.0 Å². The Bertz CT molecular complexity index is 379. The van der Waals surface area contributed by atoms with Crippen LogP contribution in [0.1, 0.15) is 25.5 Å². The monoisotopic (exact) mass is 237 g/mol. The number of rotatable bonds is 6. The zero-order valence-electron chi connectivity index (χ0n) is 10.4. The van der Waals surface area contributed by atoms with Crippen molar-refractivity contribution in [1.82, 2.24) is 5.32 Å². The summed E-state index contributed by atoms with van der Waals surface area (Å²) in [6, 6.07) is 7.85. The molecule has 0 radical (unpaired) electrons. The standard InChI is InChI=1S/C13H19NO3/c1-9(13(15)16)8-14-10(2)11-5-4-6-12(7-11)17-3/h4-7,9-10,14H,8H2,1-3H3,(H,15,16)/t9?,10-/m1/s1. The van der Waals surface area contributed by atoms with Gasteiger partial charge in [-0.05, 0) is 24.6 Å². The van der Waals surface area contributed by atoms with Gasteiger partial charge in [0.05, 0.1) is 13.0 Å². The van der Waals surface area contributed by atoms with Gasteiger partial charge in [0.1, 0.15) is 5.75 Å². The highest BCUT2D eigenvalue weighted by atomic mass is 16.5. The van der Waals surface area contributed by atoms with Gasteiger partial charge in [-0.1, -0.05) is 19.1 Å². The van der Waals surface area contributed by atoms with Crippen LogP contribution in [0.15, 0.2) is 24.3 Å². The van der Waals surface area contributed by atoms with Gasteiger partial charge in [-0.3, -0.25) is 4.79 Å². The highest BCUT2D eigenvalue weighted by Gasteiger charge is 2.13. The largest absolute Gasteiger partial charge is 0.497 e. The third kappa shape index (κ3) is 4.07. The third-order valence-corrected chi connectivity index (χ3v) is 2.75. The van der Waals surface area contributed by atoms with Crippen molar-refractivity contribution >= 4 is 5.97 Å². The Kier molecular flexibility index (Phi) is 4.97. The molecule has 1 unspecified atom stereocenters. The summed E-state index contributed by atoms with van der Waals surface area (Å²) in [5, 5.41) is 12.0. The molecule has 0 heterocycles. The van der Waals surface area contributed by atoms with Gasteiger partial charge in [-0.25, -0.2) is 0 Å². The van der Waals surface area contributed by atoms with Crippen molar-refractivity contribution in [3.8, 4) is 5.75 Å². The second-order valence-corrected chi connectivity index (χ2v) is 4.15. The quantitative estimate of drug-likeness (QED) is 0.795. The lowest BCUT2D eigenvalue weighted by atomic mass is 10.1. The molecular formula is C13H19NO3. The molecule has 0 aliphatic heterocycles. The van der Waals surface area contributed by atoms with E-state index in [0.717, 1.165) is 11.3 Å². The number of nitrogens with one attached hydrogen (secondary N) is 1. The van der Waals surface area contributed by atoms with E-state index >= 15 is 0 Å². The van der Waals surface area contributed by atoms with E-state index < -0.39 is 5.97 Å². The molecule has 4 nitrogen and oxygen atoms in total. The van der Waals surface area contributed by atoms with Crippen LogP contribution in [0.5, 0.6) is 5.75 Å². The zero-order chi connectivity index (χ0) is 12.8. The minimum atomic E-state index is -0.782. The zero-order valence-corrected chi connectivity index (χ0v) is 10.4. The Hall–Kier alpha value is -1.55. The molecule has 1 aromatic rings. The van der Waals surface area contributed by atoms with E-state index in [2.05, 4.69) is 5.32 Å². The third-order valence-electron chi connectivity index (χ3n) is 2.75. The Morgan fingerprint density at radius 3 is 2.76 bits per heavy atom. The molecule has 1 aromatic carbocycles. The van der Waals surface area contributed by atoms with Gasteiger partial charge in [0.15, 0.2) is 0 Å². The van der Waals surface area contributed by atoms with Gasteiger partial charge in [0.2, 0.25) is 0 Å². The van der Waals surface area contributed by atoms with Crippen LogP contribution in [0.2, 0.25) is 0 Å². The van der Waals surface area contributed by atoms with Crippen molar-refractivity contribution in [2.75, 3.05) is 13.7 Å². The Balaban J connectivity index is 2.57. The SMILES string of the molecule is COc1cccc([C@@H](C)NCC(C)C(=O)O)c1. The Labute approximate surface area is 102 Å². The molecule has 0 spiro atoms. The van der Waals surface area contributed by atoms with E-state index in [4.69, 9.17) is 9.84 Å². The summed E-state index contributed by atoms with van der Waals surface area (Å²) in [5.74, 6) is -0.360. The summed E-state index contributed by atoms with van der Waals surface area (Å²) in [7, 11) is 1.63. The fourth-order valence-corrected chi connectivity index (χ4v) is 1.47. The average molecular weight is 237 g/mol. The van der Waals surface area contributed by atoms with Crippen molar-refractivity contribution in [3.05, 3.63) is 29.8 Å². The molecule has 0 saturated heterocycles. The summed E-state index contributed by atoms with van der Waals surface area (Å²) < 4.78 is 5.15. The molecule has 94 valence electrons. The number of carboxylic acid groups (broad SMARTS) is 1. The topological polar surface area (TPSA) is 58.6 Å². The van der Waals surface area contributed by atoms with E-state index in [0.29, 0.717) is 6.54 Å². The van der Waals surface area contributed by atoms with Crippen molar-refractivity contribution in [1.29, 1.82) is 0 Å². The fraction of sp³-hybridized carbons (Fsp3) is 0.462.